The zero-order valence-corrected chi connectivity index (χ0v) is 16.5. The molecule has 27 heavy (non-hydrogen) atoms. The first-order chi connectivity index (χ1) is 11.8. The summed E-state index contributed by atoms with van der Waals surface area (Å²) in [5.41, 5.74) is 6.39. The molecule has 1 fully saturated rings. The van der Waals surface area contributed by atoms with Crippen molar-refractivity contribution in [3.8, 4) is 5.88 Å². The van der Waals surface area contributed by atoms with E-state index in [0.717, 1.165) is 25.7 Å². The van der Waals surface area contributed by atoms with Crippen molar-refractivity contribution in [1.29, 1.82) is 0 Å². The number of aromatic nitrogens is 1. The molecule has 0 aliphatic heterocycles. The van der Waals surface area contributed by atoms with Gasteiger partial charge in [-0.25, -0.2) is 4.98 Å². The molecule has 1 saturated carbocycles. The number of halogens is 5. The monoisotopic (exact) mass is 431 g/mol. The Morgan fingerprint density at radius 3 is 2.52 bits per heavy atom. The van der Waals surface area contributed by atoms with Gasteiger partial charge in [-0.3, -0.25) is 4.79 Å². The van der Waals surface area contributed by atoms with Crippen molar-refractivity contribution in [3.63, 3.8) is 0 Å². The quantitative estimate of drug-likeness (QED) is 0.688. The lowest BCUT2D eigenvalue weighted by Gasteiger charge is -2.35. The van der Waals surface area contributed by atoms with Crippen molar-refractivity contribution < 1.29 is 22.7 Å². The van der Waals surface area contributed by atoms with Crippen LogP contribution in [0.3, 0.4) is 0 Å². The lowest BCUT2D eigenvalue weighted by Crippen LogP contribution is -2.38. The molecule has 5 nitrogen and oxygen atoms in total. The van der Waals surface area contributed by atoms with Crippen LogP contribution < -0.4 is 15.8 Å². The number of hydrogen-bond donors (Lipinski definition) is 2. The van der Waals surface area contributed by atoms with Crippen LogP contribution in [0.15, 0.2) is 18.3 Å². The Morgan fingerprint density at radius 2 is 1.93 bits per heavy atom. The van der Waals surface area contributed by atoms with Gasteiger partial charge in [0.05, 0.1) is 0 Å². The first kappa shape index (κ1) is 25.8. The minimum Gasteiger partial charge on any atom is -0.468 e. The highest BCUT2D eigenvalue weighted by Gasteiger charge is 2.33. The van der Waals surface area contributed by atoms with Gasteiger partial charge in [-0.1, -0.05) is 19.3 Å². The predicted octanol–water partition coefficient (Wildman–Crippen LogP) is 3.78. The number of amides is 1. The number of nitrogens with one attached hydrogen (secondary N) is 1. The van der Waals surface area contributed by atoms with Crippen LogP contribution in [0.4, 0.5) is 13.2 Å². The SMILES string of the molecule is Cl.Cl.NCC1(CC(=O)NCc2ccnc(OCC(F)(F)F)c2)CCCCC1. The van der Waals surface area contributed by atoms with Gasteiger partial charge in [0.25, 0.3) is 0 Å². The highest BCUT2D eigenvalue weighted by atomic mass is 35.5. The summed E-state index contributed by atoms with van der Waals surface area (Å²) in [6, 6.07) is 3.02. The van der Waals surface area contributed by atoms with E-state index in [1.165, 1.54) is 18.7 Å². The average Bonchev–Trinajstić information content (AvgIpc) is 2.59. The summed E-state index contributed by atoms with van der Waals surface area (Å²) in [5.74, 6) is -0.211. The van der Waals surface area contributed by atoms with Crippen LogP contribution in [-0.4, -0.2) is 30.2 Å². The molecule has 1 aromatic rings. The molecule has 0 saturated heterocycles. The van der Waals surface area contributed by atoms with Gasteiger partial charge >= 0.3 is 6.18 Å². The Bertz CT molecular complexity index is 583. The number of carbonyl (C=O) groups is 1. The van der Waals surface area contributed by atoms with E-state index in [1.54, 1.807) is 6.07 Å². The van der Waals surface area contributed by atoms with E-state index in [-0.39, 0.29) is 48.6 Å². The van der Waals surface area contributed by atoms with E-state index < -0.39 is 12.8 Å². The Labute approximate surface area is 169 Å². The van der Waals surface area contributed by atoms with Crippen LogP contribution in [0.5, 0.6) is 5.88 Å². The molecule has 0 radical (unpaired) electrons. The standard InChI is InChI=1S/C17H24F3N3O2.2ClH/c18-17(19,20)12-25-15-8-13(4-7-22-15)10-23-14(24)9-16(11-21)5-2-1-3-6-16;;/h4,7-8H,1-3,5-6,9-12,21H2,(H,23,24);2*1H. The van der Waals surface area contributed by atoms with Gasteiger partial charge in [-0.05, 0) is 36.4 Å². The number of hydrogen-bond acceptors (Lipinski definition) is 4. The van der Waals surface area contributed by atoms with Gasteiger partial charge in [0.1, 0.15) is 0 Å². The van der Waals surface area contributed by atoms with Gasteiger partial charge < -0.3 is 15.8 Å². The fraction of sp³-hybridized carbons (Fsp3) is 0.647. The van der Waals surface area contributed by atoms with Crippen LogP contribution in [0.1, 0.15) is 44.1 Å². The van der Waals surface area contributed by atoms with E-state index in [0.29, 0.717) is 18.5 Å². The zero-order chi connectivity index (χ0) is 18.3. The molecule has 3 N–H and O–H groups in total. The summed E-state index contributed by atoms with van der Waals surface area (Å²) in [4.78, 5) is 16.0. The number of nitrogens with zero attached hydrogens (tertiary/aromatic N) is 1. The van der Waals surface area contributed by atoms with E-state index in [4.69, 9.17) is 5.73 Å². The molecule has 1 aliphatic carbocycles. The maximum Gasteiger partial charge on any atom is 0.422 e. The summed E-state index contributed by atoms with van der Waals surface area (Å²) in [6.07, 6.45) is 2.61. The van der Waals surface area contributed by atoms with Gasteiger partial charge in [-0.2, -0.15) is 13.2 Å². The summed E-state index contributed by atoms with van der Waals surface area (Å²) in [6.45, 7) is -0.690. The zero-order valence-electron chi connectivity index (χ0n) is 14.9. The molecule has 2 rings (SSSR count). The maximum absolute atomic E-state index is 12.2. The summed E-state index contributed by atoms with van der Waals surface area (Å²) in [7, 11) is 0. The smallest absolute Gasteiger partial charge is 0.422 e. The van der Waals surface area contributed by atoms with Gasteiger partial charge in [0, 0.05) is 25.2 Å². The van der Waals surface area contributed by atoms with Crippen molar-refractivity contribution in [1.82, 2.24) is 10.3 Å². The van der Waals surface area contributed by atoms with Crippen LogP contribution >= 0.6 is 24.8 Å². The highest BCUT2D eigenvalue weighted by molar-refractivity contribution is 5.85. The molecular formula is C17H26Cl2F3N3O2. The first-order valence-corrected chi connectivity index (χ1v) is 8.43. The number of nitrogens with two attached hydrogens (primary N) is 1. The molecule has 0 unspecified atom stereocenters. The average molecular weight is 432 g/mol. The molecule has 0 atom stereocenters. The molecule has 156 valence electrons. The van der Waals surface area contributed by atoms with E-state index >= 15 is 0 Å². The Morgan fingerprint density at radius 1 is 1.26 bits per heavy atom. The third kappa shape index (κ3) is 8.99. The lowest BCUT2D eigenvalue weighted by molar-refractivity contribution is -0.154. The second-order valence-electron chi connectivity index (χ2n) is 6.62. The predicted molar refractivity (Wildman–Crippen MR) is 101 cm³/mol. The Hall–Kier alpha value is -1.25. The minimum absolute atomic E-state index is 0. The number of alkyl halides is 3. The van der Waals surface area contributed by atoms with Crippen molar-refractivity contribution >= 4 is 30.7 Å². The van der Waals surface area contributed by atoms with Crippen LogP contribution in [-0.2, 0) is 11.3 Å². The highest BCUT2D eigenvalue weighted by Crippen LogP contribution is 2.38. The maximum atomic E-state index is 12.2. The largest absolute Gasteiger partial charge is 0.468 e. The summed E-state index contributed by atoms with van der Waals surface area (Å²) >= 11 is 0. The van der Waals surface area contributed by atoms with Crippen molar-refractivity contribution in [2.75, 3.05) is 13.2 Å². The Balaban J connectivity index is 0.00000338. The number of carbonyl (C=O) groups excluding carboxylic acids is 1. The molecule has 0 spiro atoms. The van der Waals surface area contributed by atoms with Crippen molar-refractivity contribution in [3.05, 3.63) is 23.9 Å². The Kier molecular flexibility index (Phi) is 11.0. The van der Waals surface area contributed by atoms with Gasteiger partial charge in [-0.15, -0.1) is 24.8 Å². The molecule has 1 heterocycles. The van der Waals surface area contributed by atoms with E-state index in [2.05, 4.69) is 15.0 Å². The third-order valence-corrected chi connectivity index (χ3v) is 4.56. The summed E-state index contributed by atoms with van der Waals surface area (Å²) in [5, 5.41) is 2.80. The second kappa shape index (κ2) is 11.6. The third-order valence-electron chi connectivity index (χ3n) is 4.56. The van der Waals surface area contributed by atoms with Gasteiger partial charge in [0.2, 0.25) is 11.8 Å². The normalized spacial score (nSPS) is 15.9. The van der Waals surface area contributed by atoms with Gasteiger partial charge in [0.15, 0.2) is 6.61 Å². The summed E-state index contributed by atoms with van der Waals surface area (Å²) < 4.78 is 41.1. The first-order valence-electron chi connectivity index (χ1n) is 8.43. The molecule has 0 bridgehead atoms. The molecule has 10 heteroatoms. The number of pyridine rings is 1. The molecule has 1 amide bonds. The van der Waals surface area contributed by atoms with Crippen molar-refractivity contribution in [2.24, 2.45) is 11.1 Å². The van der Waals surface area contributed by atoms with Crippen LogP contribution in [0, 0.1) is 5.41 Å². The van der Waals surface area contributed by atoms with Crippen LogP contribution in [0.25, 0.3) is 0 Å². The molecule has 1 aliphatic rings. The number of rotatable bonds is 7. The lowest BCUT2D eigenvalue weighted by atomic mass is 9.71. The molecular weight excluding hydrogens is 406 g/mol. The topological polar surface area (TPSA) is 77.2 Å². The minimum atomic E-state index is -4.41. The molecule has 0 aromatic carbocycles. The van der Waals surface area contributed by atoms with Crippen molar-refractivity contribution in [2.45, 2.75) is 51.2 Å². The van der Waals surface area contributed by atoms with E-state index in [9.17, 15) is 18.0 Å². The second-order valence-corrected chi connectivity index (χ2v) is 6.62. The van der Waals surface area contributed by atoms with Crippen LogP contribution in [0.2, 0.25) is 0 Å². The number of ether oxygens (including phenoxy) is 1. The fourth-order valence-corrected chi connectivity index (χ4v) is 3.15. The molecule has 1 aromatic heterocycles. The van der Waals surface area contributed by atoms with E-state index in [1.807, 2.05) is 0 Å². The fourth-order valence-electron chi connectivity index (χ4n) is 3.15.